The summed E-state index contributed by atoms with van der Waals surface area (Å²) in [5, 5.41) is 13.3. The number of pyridine rings is 1. The summed E-state index contributed by atoms with van der Waals surface area (Å²) in [6.07, 6.45) is 1.53. The second-order valence-electron chi connectivity index (χ2n) is 6.33. The number of aryl methyl sites for hydroxylation is 1. The van der Waals surface area contributed by atoms with E-state index in [9.17, 15) is 10.1 Å². The number of nitrogens with zero attached hydrogens (tertiary/aromatic N) is 4. The summed E-state index contributed by atoms with van der Waals surface area (Å²) in [7, 11) is 5.44. The lowest BCUT2D eigenvalue weighted by Crippen LogP contribution is -2.25. The summed E-state index contributed by atoms with van der Waals surface area (Å²) >= 11 is 3.50. The maximum absolute atomic E-state index is 12.0. The van der Waals surface area contributed by atoms with Gasteiger partial charge in [-0.1, -0.05) is 6.07 Å². The van der Waals surface area contributed by atoms with Gasteiger partial charge < -0.3 is 14.4 Å². The van der Waals surface area contributed by atoms with Crippen LogP contribution < -0.4 is 15.1 Å². The van der Waals surface area contributed by atoms with Crippen LogP contribution in [0.15, 0.2) is 33.8 Å². The van der Waals surface area contributed by atoms with Crippen LogP contribution in [0, 0.1) is 18.3 Å². The Morgan fingerprint density at radius 1 is 1.41 bits per heavy atom. The van der Waals surface area contributed by atoms with E-state index in [1.54, 1.807) is 13.0 Å². The number of anilines is 1. The van der Waals surface area contributed by atoms with Crippen LogP contribution in [0.1, 0.15) is 22.4 Å². The Bertz CT molecular complexity index is 954. The van der Waals surface area contributed by atoms with E-state index < -0.39 is 5.91 Å². The fourth-order valence-corrected chi connectivity index (χ4v) is 3.27. The summed E-state index contributed by atoms with van der Waals surface area (Å²) in [5.74, 6) is -0.368. The van der Waals surface area contributed by atoms with Crippen LogP contribution in [-0.2, 0) is 16.1 Å². The molecule has 0 saturated heterocycles. The number of rotatable bonds is 8. The van der Waals surface area contributed by atoms with E-state index in [0.717, 1.165) is 15.7 Å². The molecule has 2 aromatic rings. The lowest BCUT2D eigenvalue weighted by Gasteiger charge is -2.14. The van der Waals surface area contributed by atoms with Gasteiger partial charge in [-0.2, -0.15) is 10.4 Å². The molecule has 152 valence electrons. The molecule has 0 aliphatic rings. The van der Waals surface area contributed by atoms with Crippen molar-refractivity contribution < 1.29 is 14.3 Å². The largest absolute Gasteiger partial charge is 0.467 e. The molecule has 1 heterocycles. The number of nitrogens with one attached hydrogen (secondary N) is 1. The smallest absolute Gasteiger partial charge is 0.278 e. The van der Waals surface area contributed by atoms with E-state index in [0.29, 0.717) is 11.3 Å². The quantitative estimate of drug-likeness (QED) is 0.481. The van der Waals surface area contributed by atoms with E-state index in [1.165, 1.54) is 13.3 Å². The maximum atomic E-state index is 12.0. The maximum Gasteiger partial charge on any atom is 0.278 e. The molecular formula is C20H22BrN5O3. The highest BCUT2D eigenvalue weighted by molar-refractivity contribution is 9.10. The predicted octanol–water partition coefficient (Wildman–Crippen LogP) is 2.77. The molecule has 1 amide bonds. The number of hydrazone groups is 1. The number of nitriles is 1. The molecule has 0 radical (unpaired) electrons. The molecule has 9 heteroatoms. The van der Waals surface area contributed by atoms with Crippen LogP contribution in [0.25, 0.3) is 0 Å². The highest BCUT2D eigenvalue weighted by Gasteiger charge is 2.14. The Labute approximate surface area is 178 Å². The summed E-state index contributed by atoms with van der Waals surface area (Å²) in [6, 6.07) is 9.53. The Morgan fingerprint density at radius 2 is 2.17 bits per heavy atom. The monoisotopic (exact) mass is 459 g/mol. The van der Waals surface area contributed by atoms with Crippen molar-refractivity contribution in [1.29, 1.82) is 5.26 Å². The number of benzene rings is 1. The number of amides is 1. The van der Waals surface area contributed by atoms with Crippen molar-refractivity contribution in [3.05, 3.63) is 51.1 Å². The van der Waals surface area contributed by atoms with Gasteiger partial charge >= 0.3 is 0 Å². The zero-order chi connectivity index (χ0) is 21.4. The third-order valence-corrected chi connectivity index (χ3v) is 4.44. The Hall–Kier alpha value is -2.96. The van der Waals surface area contributed by atoms with Gasteiger partial charge in [-0.25, -0.2) is 10.4 Å². The number of carbonyl (C=O) groups excluding carboxylic acids is 1. The number of hydrogen-bond donors (Lipinski definition) is 1. The van der Waals surface area contributed by atoms with Gasteiger partial charge in [0.1, 0.15) is 11.6 Å². The van der Waals surface area contributed by atoms with Crippen molar-refractivity contribution in [2.24, 2.45) is 5.10 Å². The zero-order valence-electron chi connectivity index (χ0n) is 16.7. The standard InChI is InChI=1S/C20H22BrN5O3/c1-13-7-15(11-28-4)16(9-22)20(24-13)29-12-19(27)25-23-10-14-5-6-18(26(2)3)17(21)8-14/h5-8,10H,11-12H2,1-4H3,(H,25,27)/b23-10-. The van der Waals surface area contributed by atoms with Crippen LogP contribution in [0.2, 0.25) is 0 Å². The molecule has 0 saturated carbocycles. The van der Waals surface area contributed by atoms with Crippen molar-refractivity contribution in [2.75, 3.05) is 32.7 Å². The number of ether oxygens (including phenoxy) is 2. The summed E-state index contributed by atoms with van der Waals surface area (Å²) in [4.78, 5) is 18.2. The van der Waals surface area contributed by atoms with E-state index >= 15 is 0 Å². The molecule has 1 N–H and O–H groups in total. The average molecular weight is 460 g/mol. The van der Waals surface area contributed by atoms with E-state index in [2.05, 4.69) is 31.4 Å². The molecule has 1 aromatic heterocycles. The second kappa shape index (κ2) is 10.5. The number of methoxy groups -OCH3 is 1. The van der Waals surface area contributed by atoms with Gasteiger partial charge in [0.05, 0.1) is 18.5 Å². The zero-order valence-corrected chi connectivity index (χ0v) is 18.3. The predicted molar refractivity (Wildman–Crippen MR) is 114 cm³/mol. The van der Waals surface area contributed by atoms with Crippen molar-refractivity contribution in [2.45, 2.75) is 13.5 Å². The molecule has 0 unspecified atom stereocenters. The molecule has 2 rings (SSSR count). The first kappa shape index (κ1) is 22.3. The second-order valence-corrected chi connectivity index (χ2v) is 7.19. The molecule has 0 aliphatic heterocycles. The third-order valence-electron chi connectivity index (χ3n) is 3.80. The van der Waals surface area contributed by atoms with Gasteiger partial charge in [0.2, 0.25) is 5.88 Å². The molecule has 1 aromatic carbocycles. The fraction of sp³-hybridized carbons (Fsp3) is 0.300. The normalized spacial score (nSPS) is 10.6. The summed E-state index contributed by atoms with van der Waals surface area (Å²) in [6.45, 7) is 1.71. The SMILES string of the molecule is COCc1cc(C)nc(OCC(=O)N/N=C\c2ccc(N(C)C)c(Br)c2)c1C#N. The van der Waals surface area contributed by atoms with E-state index in [1.807, 2.05) is 43.3 Å². The van der Waals surface area contributed by atoms with Gasteiger partial charge in [-0.05, 0) is 46.6 Å². The Kier molecular flexibility index (Phi) is 8.12. The number of hydrogen-bond acceptors (Lipinski definition) is 7. The van der Waals surface area contributed by atoms with Gasteiger partial charge in [0.15, 0.2) is 6.61 Å². The van der Waals surface area contributed by atoms with Gasteiger partial charge in [0, 0.05) is 36.9 Å². The van der Waals surface area contributed by atoms with Crippen molar-refractivity contribution in [3.8, 4) is 11.9 Å². The van der Waals surface area contributed by atoms with Gasteiger partial charge in [-0.15, -0.1) is 0 Å². The van der Waals surface area contributed by atoms with Crippen LogP contribution in [0.4, 0.5) is 5.69 Å². The molecule has 29 heavy (non-hydrogen) atoms. The average Bonchev–Trinajstić information content (AvgIpc) is 2.66. The number of aromatic nitrogens is 1. The Balaban J connectivity index is 1.98. The lowest BCUT2D eigenvalue weighted by atomic mass is 10.1. The minimum atomic E-state index is -0.467. The highest BCUT2D eigenvalue weighted by Crippen LogP contribution is 2.25. The first-order chi connectivity index (χ1) is 13.8. The summed E-state index contributed by atoms with van der Waals surface area (Å²) in [5.41, 5.74) is 5.82. The van der Waals surface area contributed by atoms with Crippen molar-refractivity contribution in [1.82, 2.24) is 10.4 Å². The molecule has 0 atom stereocenters. The topological polar surface area (TPSA) is 99.8 Å². The van der Waals surface area contributed by atoms with Crippen molar-refractivity contribution >= 4 is 33.7 Å². The van der Waals surface area contributed by atoms with E-state index in [-0.39, 0.29) is 24.7 Å². The van der Waals surface area contributed by atoms with E-state index in [4.69, 9.17) is 9.47 Å². The molecule has 8 nitrogen and oxygen atoms in total. The van der Waals surface area contributed by atoms with Crippen LogP contribution in [0.3, 0.4) is 0 Å². The summed E-state index contributed by atoms with van der Waals surface area (Å²) < 4.78 is 11.4. The first-order valence-electron chi connectivity index (χ1n) is 8.66. The number of halogens is 1. The van der Waals surface area contributed by atoms with Crippen LogP contribution in [0.5, 0.6) is 5.88 Å². The Morgan fingerprint density at radius 3 is 2.79 bits per heavy atom. The molecule has 0 aliphatic carbocycles. The lowest BCUT2D eigenvalue weighted by molar-refractivity contribution is -0.123. The van der Waals surface area contributed by atoms with Crippen LogP contribution in [-0.4, -0.2) is 44.9 Å². The third kappa shape index (κ3) is 6.27. The first-order valence-corrected chi connectivity index (χ1v) is 9.46. The number of carbonyl (C=O) groups is 1. The van der Waals surface area contributed by atoms with Gasteiger partial charge in [-0.3, -0.25) is 4.79 Å². The molecule has 0 spiro atoms. The van der Waals surface area contributed by atoms with Gasteiger partial charge in [0.25, 0.3) is 5.91 Å². The molecular weight excluding hydrogens is 438 g/mol. The molecule has 0 fully saturated rings. The van der Waals surface area contributed by atoms with Crippen LogP contribution >= 0.6 is 15.9 Å². The highest BCUT2D eigenvalue weighted by atomic mass is 79.9. The molecule has 0 bridgehead atoms. The minimum absolute atomic E-state index is 0.0990. The van der Waals surface area contributed by atoms with Crippen molar-refractivity contribution in [3.63, 3.8) is 0 Å². The minimum Gasteiger partial charge on any atom is -0.467 e. The fourth-order valence-electron chi connectivity index (χ4n) is 2.51.